The molecule has 2 aromatic carbocycles. The van der Waals surface area contributed by atoms with Crippen LogP contribution in [0.15, 0.2) is 60.9 Å². The highest BCUT2D eigenvalue weighted by Gasteiger charge is 2.09. The number of amides is 1. The van der Waals surface area contributed by atoms with Crippen LogP contribution in [-0.4, -0.2) is 32.2 Å². The van der Waals surface area contributed by atoms with E-state index in [-0.39, 0.29) is 17.4 Å². The van der Waals surface area contributed by atoms with Crippen molar-refractivity contribution < 1.29 is 14.7 Å². The zero-order valence-corrected chi connectivity index (χ0v) is 18.2. The number of aromatic nitrogens is 3. The lowest BCUT2D eigenvalue weighted by molar-refractivity contribution is -0.116. The van der Waals surface area contributed by atoms with Gasteiger partial charge in [0.1, 0.15) is 5.69 Å². The molecule has 7 nitrogen and oxygen atoms in total. The lowest BCUT2D eigenvalue weighted by atomic mass is 10.0. The van der Waals surface area contributed by atoms with Crippen LogP contribution in [-0.2, 0) is 4.79 Å². The number of hydrogen-bond acceptors (Lipinski definition) is 4. The molecule has 0 aliphatic rings. The first-order chi connectivity index (χ1) is 15.9. The molecule has 0 unspecified atom stereocenters. The third-order valence-corrected chi connectivity index (χ3v) is 4.94. The molecule has 3 N–H and O–H groups in total. The van der Waals surface area contributed by atoms with E-state index in [0.29, 0.717) is 23.4 Å². The first-order valence-electron chi connectivity index (χ1n) is 10.5. The number of aromatic amines is 1. The lowest BCUT2D eigenvalue weighted by Crippen LogP contribution is -2.13. The molecule has 0 bridgehead atoms. The molecule has 33 heavy (non-hydrogen) atoms. The number of aromatic carboxylic acids is 1. The summed E-state index contributed by atoms with van der Waals surface area (Å²) >= 11 is 0. The van der Waals surface area contributed by atoms with Crippen molar-refractivity contribution in [3.8, 4) is 23.0 Å². The number of benzene rings is 2. The summed E-state index contributed by atoms with van der Waals surface area (Å²) in [7, 11) is 0. The quantitative estimate of drug-likeness (QED) is 0.391. The van der Waals surface area contributed by atoms with Crippen LogP contribution in [0, 0.1) is 17.8 Å². The third kappa shape index (κ3) is 5.25. The summed E-state index contributed by atoms with van der Waals surface area (Å²) in [6, 6.07) is 14.2. The summed E-state index contributed by atoms with van der Waals surface area (Å²) in [5.74, 6) is 5.28. The first-order valence-corrected chi connectivity index (χ1v) is 10.5. The van der Waals surface area contributed by atoms with E-state index in [1.165, 1.54) is 12.1 Å². The number of anilines is 1. The summed E-state index contributed by atoms with van der Waals surface area (Å²) < 4.78 is 0. The average Bonchev–Trinajstić information content (AvgIpc) is 3.19. The second-order valence-electron chi connectivity index (χ2n) is 8.07. The standard InChI is InChI=1S/C26H22N4O3/c1-16(2)10-25(31)28-21-12-20(14-27-15-21)18-7-9-24-22(13-18)23(29-30-24)8-6-17-4-3-5-19(11-17)26(32)33/h3-5,7,9,11-16H,10H2,1-2H3,(H,28,31)(H,29,30)(H,32,33). The van der Waals surface area contributed by atoms with Crippen LogP contribution < -0.4 is 5.32 Å². The number of rotatable bonds is 5. The molecule has 0 radical (unpaired) electrons. The molecule has 0 fully saturated rings. The molecular formula is C26H22N4O3. The fourth-order valence-corrected chi connectivity index (χ4v) is 3.40. The highest BCUT2D eigenvalue weighted by atomic mass is 16.4. The largest absolute Gasteiger partial charge is 0.478 e. The molecule has 0 aliphatic carbocycles. The van der Waals surface area contributed by atoms with Gasteiger partial charge in [-0.1, -0.05) is 31.9 Å². The number of carboxylic acid groups (broad SMARTS) is 1. The first kappa shape index (κ1) is 21.8. The van der Waals surface area contributed by atoms with Crippen LogP contribution in [0.1, 0.15) is 41.9 Å². The van der Waals surface area contributed by atoms with Crippen molar-refractivity contribution in [1.82, 2.24) is 15.2 Å². The van der Waals surface area contributed by atoms with E-state index in [9.17, 15) is 9.59 Å². The normalized spacial score (nSPS) is 10.6. The molecule has 4 rings (SSSR count). The van der Waals surface area contributed by atoms with Gasteiger partial charge in [0.05, 0.1) is 23.0 Å². The van der Waals surface area contributed by atoms with Crippen molar-refractivity contribution in [1.29, 1.82) is 0 Å². The van der Waals surface area contributed by atoms with Gasteiger partial charge in [-0.05, 0) is 53.8 Å². The molecule has 0 atom stereocenters. The third-order valence-electron chi connectivity index (χ3n) is 4.94. The van der Waals surface area contributed by atoms with E-state index in [1.54, 1.807) is 24.5 Å². The second kappa shape index (κ2) is 9.37. The van der Waals surface area contributed by atoms with E-state index >= 15 is 0 Å². The lowest BCUT2D eigenvalue weighted by Gasteiger charge is -2.08. The Balaban J connectivity index is 1.63. The van der Waals surface area contributed by atoms with Gasteiger partial charge in [0.15, 0.2) is 0 Å². The van der Waals surface area contributed by atoms with Crippen LogP contribution in [0.4, 0.5) is 5.69 Å². The number of carboxylic acids is 1. The number of nitrogens with zero attached hydrogens (tertiary/aromatic N) is 2. The van der Waals surface area contributed by atoms with Crippen molar-refractivity contribution in [2.45, 2.75) is 20.3 Å². The number of carbonyl (C=O) groups excluding carboxylic acids is 1. The Labute approximate surface area is 190 Å². The Morgan fingerprint density at radius 2 is 1.91 bits per heavy atom. The number of hydrogen-bond donors (Lipinski definition) is 3. The SMILES string of the molecule is CC(C)CC(=O)Nc1cncc(-c2ccc3n[nH]c(C#Cc4cccc(C(=O)O)c4)c3c2)c1. The maximum absolute atomic E-state index is 12.1. The van der Waals surface area contributed by atoms with Crippen LogP contribution in [0.2, 0.25) is 0 Å². The summed E-state index contributed by atoms with van der Waals surface area (Å²) in [6.07, 6.45) is 3.81. The van der Waals surface area contributed by atoms with E-state index < -0.39 is 5.97 Å². The molecule has 2 aromatic heterocycles. The highest BCUT2D eigenvalue weighted by Crippen LogP contribution is 2.26. The van der Waals surface area contributed by atoms with Crippen molar-refractivity contribution in [3.05, 3.63) is 77.7 Å². The van der Waals surface area contributed by atoms with Crippen LogP contribution in [0.3, 0.4) is 0 Å². The van der Waals surface area contributed by atoms with Crippen LogP contribution in [0.25, 0.3) is 22.0 Å². The highest BCUT2D eigenvalue weighted by molar-refractivity contribution is 5.92. The molecule has 0 spiro atoms. The number of nitrogens with one attached hydrogen (secondary N) is 2. The zero-order valence-electron chi connectivity index (χ0n) is 18.2. The molecule has 1 amide bonds. The predicted octanol–water partition coefficient (Wildman–Crippen LogP) is 4.71. The van der Waals surface area contributed by atoms with Crippen LogP contribution in [0.5, 0.6) is 0 Å². The molecular weight excluding hydrogens is 416 g/mol. The molecule has 4 aromatic rings. The molecule has 0 aliphatic heterocycles. The van der Waals surface area contributed by atoms with Gasteiger partial charge in [-0.2, -0.15) is 5.10 Å². The maximum atomic E-state index is 12.1. The number of pyridine rings is 1. The molecule has 0 saturated carbocycles. The molecule has 2 heterocycles. The van der Waals surface area contributed by atoms with E-state index in [1.807, 2.05) is 38.1 Å². The topological polar surface area (TPSA) is 108 Å². The smallest absolute Gasteiger partial charge is 0.335 e. The van der Waals surface area contributed by atoms with Gasteiger partial charge >= 0.3 is 5.97 Å². The van der Waals surface area contributed by atoms with Gasteiger partial charge < -0.3 is 10.4 Å². The fraction of sp³-hybridized carbons (Fsp3) is 0.154. The molecule has 164 valence electrons. The van der Waals surface area contributed by atoms with E-state index in [0.717, 1.165) is 22.0 Å². The Morgan fingerprint density at radius 3 is 2.70 bits per heavy atom. The van der Waals surface area contributed by atoms with Gasteiger partial charge in [0.25, 0.3) is 0 Å². The zero-order chi connectivity index (χ0) is 23.4. The van der Waals surface area contributed by atoms with Gasteiger partial charge in [-0.25, -0.2) is 4.79 Å². The summed E-state index contributed by atoms with van der Waals surface area (Å²) in [6.45, 7) is 4.00. The average molecular weight is 438 g/mol. The number of fused-ring (bicyclic) bond motifs is 1. The molecule has 0 saturated heterocycles. The predicted molar refractivity (Wildman–Crippen MR) is 127 cm³/mol. The minimum atomic E-state index is -0.994. The number of carbonyl (C=O) groups is 2. The summed E-state index contributed by atoms with van der Waals surface area (Å²) in [5.41, 5.74) is 4.58. The van der Waals surface area contributed by atoms with Gasteiger partial charge in [0, 0.05) is 29.1 Å². The van der Waals surface area contributed by atoms with Gasteiger partial charge in [0.2, 0.25) is 5.91 Å². The van der Waals surface area contributed by atoms with Gasteiger partial charge in [-0.15, -0.1) is 0 Å². The van der Waals surface area contributed by atoms with Crippen molar-refractivity contribution >= 4 is 28.5 Å². The summed E-state index contributed by atoms with van der Waals surface area (Å²) in [4.78, 5) is 27.5. The maximum Gasteiger partial charge on any atom is 0.335 e. The van der Waals surface area contributed by atoms with Crippen molar-refractivity contribution in [3.63, 3.8) is 0 Å². The van der Waals surface area contributed by atoms with Crippen molar-refractivity contribution in [2.75, 3.05) is 5.32 Å². The Kier molecular flexibility index (Phi) is 6.18. The monoisotopic (exact) mass is 438 g/mol. The second-order valence-corrected chi connectivity index (χ2v) is 8.07. The van der Waals surface area contributed by atoms with E-state index in [4.69, 9.17) is 5.11 Å². The van der Waals surface area contributed by atoms with Gasteiger partial charge in [-0.3, -0.25) is 14.9 Å². The Bertz CT molecular complexity index is 1410. The summed E-state index contributed by atoms with van der Waals surface area (Å²) in [5, 5.41) is 20.1. The Hall–Kier alpha value is -4.44. The minimum Gasteiger partial charge on any atom is -0.478 e. The molecule has 7 heteroatoms. The van der Waals surface area contributed by atoms with Crippen molar-refractivity contribution in [2.24, 2.45) is 5.92 Å². The minimum absolute atomic E-state index is 0.0428. The van der Waals surface area contributed by atoms with E-state index in [2.05, 4.69) is 32.3 Å². The Morgan fingerprint density at radius 1 is 1.06 bits per heavy atom. The number of H-pyrrole nitrogens is 1. The van der Waals surface area contributed by atoms with Crippen LogP contribution >= 0.6 is 0 Å². The fourth-order valence-electron chi connectivity index (χ4n) is 3.40.